The van der Waals surface area contributed by atoms with Crippen LogP contribution in [0.25, 0.3) is 22.3 Å². The number of rotatable bonds is 46. The molecule has 0 saturated carbocycles. The van der Waals surface area contributed by atoms with Crippen molar-refractivity contribution in [2.45, 2.75) is 297 Å². The van der Waals surface area contributed by atoms with E-state index in [1.807, 2.05) is 0 Å². The van der Waals surface area contributed by atoms with E-state index in [4.69, 9.17) is 0 Å². The molecule has 2 unspecified atom stereocenters. The molecule has 2 heteroatoms. The van der Waals surface area contributed by atoms with Crippen LogP contribution in [0.2, 0.25) is 0 Å². The monoisotopic (exact) mass is 1060 g/mol. The van der Waals surface area contributed by atoms with Crippen molar-refractivity contribution in [1.29, 1.82) is 0 Å². The smallest absolute Gasteiger partial charge is 0.0257 e. The molecule has 2 atom stereocenters. The maximum atomic E-state index is 4.08. The minimum atomic E-state index is 0.772. The Labute approximate surface area is 441 Å². The minimum Gasteiger partial charge on any atom is -0.0654 e. The highest BCUT2D eigenvalue weighted by atomic mass is 79.9. The third-order valence-corrected chi connectivity index (χ3v) is 16.9. The van der Waals surface area contributed by atoms with Crippen molar-refractivity contribution in [2.75, 3.05) is 0 Å². The fourth-order valence-corrected chi connectivity index (χ4v) is 12.1. The van der Waals surface area contributed by atoms with Crippen LogP contribution in [0.15, 0.2) is 69.6 Å². The Morgan fingerprint density at radius 1 is 0.294 bits per heavy atom. The van der Waals surface area contributed by atoms with E-state index in [0.29, 0.717) is 0 Å². The molecule has 0 aliphatic heterocycles. The van der Waals surface area contributed by atoms with Gasteiger partial charge in [0.2, 0.25) is 0 Å². The molecule has 3 aromatic rings. The number of unbranched alkanes of at least 4 members (excludes halogenated alkanes) is 32. The van der Waals surface area contributed by atoms with Crippen LogP contribution in [0.3, 0.4) is 0 Å². The van der Waals surface area contributed by atoms with E-state index < -0.39 is 0 Å². The molecular weight excluding hydrogens is 953 g/mol. The molecule has 0 amide bonds. The number of halogens is 2. The van der Waals surface area contributed by atoms with Gasteiger partial charge in [-0.1, -0.05) is 365 Å². The highest BCUT2D eigenvalue weighted by Crippen LogP contribution is 2.37. The van der Waals surface area contributed by atoms with Gasteiger partial charge in [-0.2, -0.15) is 0 Å². The SMILES string of the molecule is CCCCCCCCCCCCC(CCCCCCCCCC)Cc1ccc(-c2ccc(-c3cc(Br)c(CC(CCCCCCCCCC)CCCCCCCCCCCC)cc3Br)cc2)cc1. The van der Waals surface area contributed by atoms with Gasteiger partial charge in [-0.15, -0.1) is 0 Å². The Morgan fingerprint density at radius 3 is 0.912 bits per heavy atom. The van der Waals surface area contributed by atoms with E-state index in [9.17, 15) is 0 Å². The molecular formula is C66H108Br2. The molecule has 0 nitrogen and oxygen atoms in total. The van der Waals surface area contributed by atoms with Crippen molar-refractivity contribution in [1.82, 2.24) is 0 Å². The van der Waals surface area contributed by atoms with Crippen molar-refractivity contribution in [3.8, 4) is 22.3 Å². The summed E-state index contributed by atoms with van der Waals surface area (Å²) in [7, 11) is 0. The summed E-state index contributed by atoms with van der Waals surface area (Å²) >= 11 is 8.14. The minimum absolute atomic E-state index is 0.772. The molecule has 386 valence electrons. The Bertz CT molecular complexity index is 1570. The summed E-state index contributed by atoms with van der Waals surface area (Å²) in [5.74, 6) is 1.60. The van der Waals surface area contributed by atoms with Crippen LogP contribution in [0.4, 0.5) is 0 Å². The summed E-state index contributed by atoms with van der Waals surface area (Å²) < 4.78 is 2.49. The fraction of sp³-hybridized carbons (Fsp3) is 0.727. The molecule has 0 spiro atoms. The Morgan fingerprint density at radius 2 is 0.574 bits per heavy atom. The van der Waals surface area contributed by atoms with Crippen LogP contribution in [-0.2, 0) is 12.8 Å². The Hall–Kier alpha value is -1.38. The molecule has 3 aromatic carbocycles. The van der Waals surface area contributed by atoms with E-state index in [2.05, 4.69) is 120 Å². The third-order valence-electron chi connectivity index (χ3n) is 15.5. The summed E-state index contributed by atoms with van der Waals surface area (Å²) in [5, 5.41) is 0. The normalized spacial score (nSPS) is 12.6. The molecule has 3 rings (SSSR count). The molecule has 0 aliphatic rings. The quantitative estimate of drug-likeness (QED) is 0.0495. The van der Waals surface area contributed by atoms with Gasteiger partial charge >= 0.3 is 0 Å². The lowest BCUT2D eigenvalue weighted by molar-refractivity contribution is 0.399. The second kappa shape index (κ2) is 42.2. The van der Waals surface area contributed by atoms with E-state index in [1.54, 1.807) is 0 Å². The molecule has 0 radical (unpaired) electrons. The molecule has 0 aliphatic carbocycles. The first-order chi connectivity index (χ1) is 33.5. The second-order valence-corrected chi connectivity index (χ2v) is 23.5. The average Bonchev–Trinajstić information content (AvgIpc) is 3.35. The fourth-order valence-electron chi connectivity index (χ4n) is 11.0. The number of hydrogen-bond donors (Lipinski definition) is 0. The lowest BCUT2D eigenvalue weighted by atomic mass is 9.88. The van der Waals surface area contributed by atoms with Crippen molar-refractivity contribution in [3.63, 3.8) is 0 Å². The van der Waals surface area contributed by atoms with Crippen molar-refractivity contribution in [2.24, 2.45) is 11.8 Å². The van der Waals surface area contributed by atoms with Gasteiger partial charge < -0.3 is 0 Å². The molecule has 0 fully saturated rings. The van der Waals surface area contributed by atoms with Gasteiger partial charge in [-0.3, -0.25) is 0 Å². The lowest BCUT2D eigenvalue weighted by Gasteiger charge is -2.19. The third kappa shape index (κ3) is 29.2. The molecule has 0 bridgehead atoms. The van der Waals surface area contributed by atoms with E-state index >= 15 is 0 Å². The van der Waals surface area contributed by atoms with Gasteiger partial charge in [-0.25, -0.2) is 0 Å². The number of benzene rings is 3. The standard InChI is InChI=1S/C66H108Br2/c1-5-9-13-17-21-25-27-31-34-38-42-57(41-37-33-29-23-19-15-11-7-3)53-59-45-47-60(48-46-59)61-49-51-62(52-50-61)64-56-65(67)63(55-66(64)68)54-58(43-39-35-30-24-20-16-12-8-4)44-40-36-32-28-26-22-18-14-10-6-2/h45-52,55-58H,5-44,53-54H2,1-4H3. The largest absolute Gasteiger partial charge is 0.0654 e. The second-order valence-electron chi connectivity index (χ2n) is 21.8. The summed E-state index contributed by atoms with van der Waals surface area (Å²) in [5.41, 5.74) is 8.19. The zero-order valence-electron chi connectivity index (χ0n) is 45.4. The summed E-state index contributed by atoms with van der Waals surface area (Å²) in [4.78, 5) is 0. The molecule has 0 saturated heterocycles. The van der Waals surface area contributed by atoms with Crippen LogP contribution in [-0.4, -0.2) is 0 Å². The summed E-state index contributed by atoms with van der Waals surface area (Å²) in [6.07, 6.45) is 59.0. The summed E-state index contributed by atoms with van der Waals surface area (Å²) in [6.45, 7) is 9.28. The highest BCUT2D eigenvalue weighted by Gasteiger charge is 2.16. The first-order valence-corrected chi connectivity index (χ1v) is 31.7. The first-order valence-electron chi connectivity index (χ1n) is 30.2. The molecule has 0 aromatic heterocycles. The lowest BCUT2D eigenvalue weighted by Crippen LogP contribution is -2.06. The van der Waals surface area contributed by atoms with Crippen LogP contribution < -0.4 is 0 Å². The van der Waals surface area contributed by atoms with Crippen LogP contribution in [0, 0.1) is 11.8 Å². The zero-order valence-corrected chi connectivity index (χ0v) is 48.6. The van der Waals surface area contributed by atoms with Gasteiger partial charge in [0, 0.05) is 8.95 Å². The predicted molar refractivity (Wildman–Crippen MR) is 314 cm³/mol. The van der Waals surface area contributed by atoms with Gasteiger partial charge in [0.1, 0.15) is 0 Å². The summed E-state index contributed by atoms with van der Waals surface area (Å²) in [6, 6.07) is 23.8. The van der Waals surface area contributed by atoms with E-state index in [0.717, 1.165) is 11.8 Å². The molecule has 0 N–H and O–H groups in total. The van der Waals surface area contributed by atoms with Gasteiger partial charge in [-0.05, 0) is 70.2 Å². The van der Waals surface area contributed by atoms with Gasteiger partial charge in [0.05, 0.1) is 0 Å². The van der Waals surface area contributed by atoms with Crippen molar-refractivity contribution >= 4 is 31.9 Å². The van der Waals surface area contributed by atoms with Crippen molar-refractivity contribution in [3.05, 3.63) is 80.7 Å². The molecule has 68 heavy (non-hydrogen) atoms. The van der Waals surface area contributed by atoms with Crippen LogP contribution in [0.5, 0.6) is 0 Å². The topological polar surface area (TPSA) is 0 Å². The first kappa shape index (κ1) is 60.9. The van der Waals surface area contributed by atoms with Crippen LogP contribution in [0.1, 0.15) is 296 Å². The van der Waals surface area contributed by atoms with Crippen molar-refractivity contribution < 1.29 is 0 Å². The van der Waals surface area contributed by atoms with Gasteiger partial charge in [0.15, 0.2) is 0 Å². The maximum absolute atomic E-state index is 4.08. The van der Waals surface area contributed by atoms with Gasteiger partial charge in [0.25, 0.3) is 0 Å². The average molecular weight is 1060 g/mol. The van der Waals surface area contributed by atoms with Crippen LogP contribution >= 0.6 is 31.9 Å². The Balaban J connectivity index is 1.56. The Kier molecular flexibility index (Phi) is 37.8. The van der Waals surface area contributed by atoms with E-state index in [1.165, 1.54) is 312 Å². The highest BCUT2D eigenvalue weighted by molar-refractivity contribution is 9.11. The predicted octanol–water partition coefficient (Wildman–Crippen LogP) is 24.5. The van der Waals surface area contributed by atoms with E-state index in [-0.39, 0.29) is 0 Å². The zero-order chi connectivity index (χ0) is 48.5. The molecule has 0 heterocycles. The number of hydrogen-bond acceptors (Lipinski definition) is 0. The maximum Gasteiger partial charge on any atom is 0.0257 e.